The summed E-state index contributed by atoms with van der Waals surface area (Å²) in [5.74, 6) is 0. The van der Waals surface area contributed by atoms with Gasteiger partial charge in [-0.2, -0.15) is 13.2 Å². The molecule has 0 saturated heterocycles. The second-order valence-electron chi connectivity index (χ2n) is 5.10. The minimum Gasteiger partial charge on any atom is -0.394 e. The molecule has 0 saturated carbocycles. The summed E-state index contributed by atoms with van der Waals surface area (Å²) in [5, 5.41) is 9.24. The zero-order valence-corrected chi connectivity index (χ0v) is 12.8. The van der Waals surface area contributed by atoms with Gasteiger partial charge in [0, 0.05) is 0 Å². The van der Waals surface area contributed by atoms with E-state index >= 15 is 0 Å². The van der Waals surface area contributed by atoms with Gasteiger partial charge in [-0.15, -0.1) is 0 Å². The van der Waals surface area contributed by atoms with E-state index in [9.17, 15) is 26.7 Å². The Labute approximate surface area is 122 Å². The Bertz CT molecular complexity index is 608. The van der Waals surface area contributed by atoms with Crippen LogP contribution in [0.4, 0.5) is 13.2 Å². The molecule has 1 aromatic carbocycles. The summed E-state index contributed by atoms with van der Waals surface area (Å²) in [5.41, 5.74) is -2.49. The van der Waals surface area contributed by atoms with Gasteiger partial charge in [-0.3, -0.25) is 0 Å². The van der Waals surface area contributed by atoms with Gasteiger partial charge < -0.3 is 5.11 Å². The van der Waals surface area contributed by atoms with Crippen molar-refractivity contribution in [3.63, 3.8) is 0 Å². The summed E-state index contributed by atoms with van der Waals surface area (Å²) < 4.78 is 65.3. The predicted molar refractivity (Wildman–Crippen MR) is 72.3 cm³/mol. The van der Waals surface area contributed by atoms with Gasteiger partial charge in [0.2, 0.25) is 10.0 Å². The van der Waals surface area contributed by atoms with E-state index in [0.717, 1.165) is 25.1 Å². The molecular weight excluding hydrogens is 307 g/mol. The Morgan fingerprint density at radius 1 is 1.29 bits per heavy atom. The molecule has 0 aliphatic heterocycles. The third kappa shape index (κ3) is 3.96. The molecule has 1 unspecified atom stereocenters. The van der Waals surface area contributed by atoms with Gasteiger partial charge in [-0.1, -0.05) is 13.0 Å². The highest BCUT2D eigenvalue weighted by atomic mass is 32.2. The molecule has 4 nitrogen and oxygen atoms in total. The summed E-state index contributed by atoms with van der Waals surface area (Å²) in [6.07, 6.45) is -4.33. The van der Waals surface area contributed by atoms with Crippen LogP contribution in [0.1, 0.15) is 31.4 Å². The summed E-state index contributed by atoms with van der Waals surface area (Å²) in [7, 11) is -4.17. The maximum Gasteiger partial charge on any atom is 0.416 e. The first-order valence-corrected chi connectivity index (χ1v) is 7.77. The molecule has 0 aliphatic rings. The Morgan fingerprint density at radius 3 is 2.29 bits per heavy atom. The van der Waals surface area contributed by atoms with Gasteiger partial charge >= 0.3 is 6.18 Å². The van der Waals surface area contributed by atoms with Crippen molar-refractivity contribution in [2.75, 3.05) is 6.61 Å². The first kappa shape index (κ1) is 17.9. The largest absolute Gasteiger partial charge is 0.416 e. The van der Waals surface area contributed by atoms with Crippen LogP contribution in [0.25, 0.3) is 0 Å². The molecule has 0 bridgehead atoms. The Hall–Kier alpha value is -1.12. The Kier molecular flexibility index (Phi) is 5.07. The number of halogens is 3. The Morgan fingerprint density at radius 2 is 1.86 bits per heavy atom. The van der Waals surface area contributed by atoms with Crippen LogP contribution in [0.3, 0.4) is 0 Å². The number of benzene rings is 1. The highest BCUT2D eigenvalue weighted by Crippen LogP contribution is 2.34. The van der Waals surface area contributed by atoms with Crippen molar-refractivity contribution in [2.24, 2.45) is 0 Å². The number of hydrogen-bond acceptors (Lipinski definition) is 3. The van der Waals surface area contributed by atoms with Gasteiger partial charge in [0.15, 0.2) is 0 Å². The van der Waals surface area contributed by atoms with E-state index in [1.165, 1.54) is 6.92 Å². The van der Waals surface area contributed by atoms with E-state index in [4.69, 9.17) is 0 Å². The lowest BCUT2D eigenvalue weighted by Gasteiger charge is -2.27. The van der Waals surface area contributed by atoms with Gasteiger partial charge in [-0.05, 0) is 38.0 Å². The van der Waals surface area contributed by atoms with E-state index in [1.807, 2.05) is 0 Å². The fraction of sp³-hybridized carbons (Fsp3) is 0.538. The molecule has 21 heavy (non-hydrogen) atoms. The van der Waals surface area contributed by atoms with Crippen LogP contribution < -0.4 is 4.72 Å². The smallest absolute Gasteiger partial charge is 0.394 e. The molecule has 0 radical (unpaired) electrons. The molecular formula is C13H18F3NO3S. The van der Waals surface area contributed by atoms with Crippen molar-refractivity contribution in [3.8, 4) is 0 Å². The molecule has 120 valence electrons. The number of rotatable bonds is 5. The zero-order valence-electron chi connectivity index (χ0n) is 12.0. The maximum atomic E-state index is 12.8. The fourth-order valence-electron chi connectivity index (χ4n) is 1.81. The number of hydrogen-bond donors (Lipinski definition) is 2. The molecule has 1 rings (SSSR count). The van der Waals surface area contributed by atoms with E-state index in [2.05, 4.69) is 4.72 Å². The predicted octanol–water partition coefficient (Wildman–Crippen LogP) is 2.45. The molecule has 1 atom stereocenters. The number of sulfonamides is 1. The molecule has 0 fully saturated rings. The Balaban J connectivity index is 3.34. The second kappa shape index (κ2) is 5.94. The third-order valence-electron chi connectivity index (χ3n) is 3.39. The van der Waals surface area contributed by atoms with Crippen LogP contribution in [-0.4, -0.2) is 25.7 Å². The van der Waals surface area contributed by atoms with E-state index < -0.39 is 38.8 Å². The quantitative estimate of drug-likeness (QED) is 0.874. The molecule has 1 aromatic rings. The first-order chi connectivity index (χ1) is 9.47. The van der Waals surface area contributed by atoms with Crippen molar-refractivity contribution in [2.45, 2.75) is 43.8 Å². The minimum absolute atomic E-state index is 0.292. The number of aliphatic hydroxyl groups is 1. The standard InChI is InChI=1S/C13H18F3NO3S/c1-4-12(3,8-18)17-21(19,20)11-7-5-6-10(9(11)2)13(14,15)16/h5-7,17-18H,4,8H2,1-3H3. The lowest BCUT2D eigenvalue weighted by atomic mass is 10.0. The van der Waals surface area contributed by atoms with Crippen molar-refractivity contribution in [1.29, 1.82) is 0 Å². The summed E-state index contributed by atoms with van der Waals surface area (Å²) in [4.78, 5) is -0.439. The van der Waals surface area contributed by atoms with Crippen LogP contribution in [0, 0.1) is 6.92 Å². The highest BCUT2D eigenvalue weighted by Gasteiger charge is 2.36. The molecule has 0 heterocycles. The summed E-state index contributed by atoms with van der Waals surface area (Å²) in [6, 6.07) is 2.99. The highest BCUT2D eigenvalue weighted by molar-refractivity contribution is 7.89. The van der Waals surface area contributed by atoms with Crippen molar-refractivity contribution in [1.82, 2.24) is 4.72 Å². The lowest BCUT2D eigenvalue weighted by Crippen LogP contribution is -2.48. The summed E-state index contributed by atoms with van der Waals surface area (Å²) >= 11 is 0. The van der Waals surface area contributed by atoms with Crippen LogP contribution >= 0.6 is 0 Å². The van der Waals surface area contributed by atoms with Crippen molar-refractivity contribution in [3.05, 3.63) is 29.3 Å². The number of nitrogens with one attached hydrogen (secondary N) is 1. The number of aliphatic hydroxyl groups excluding tert-OH is 1. The fourth-order valence-corrected chi connectivity index (χ4v) is 3.55. The van der Waals surface area contributed by atoms with Crippen molar-refractivity contribution >= 4 is 10.0 Å². The van der Waals surface area contributed by atoms with Crippen LogP contribution in [0.5, 0.6) is 0 Å². The normalized spacial score (nSPS) is 15.8. The SMILES string of the molecule is CCC(C)(CO)NS(=O)(=O)c1cccc(C(F)(F)F)c1C. The van der Waals surface area contributed by atoms with Crippen LogP contribution in [0.15, 0.2) is 23.1 Å². The molecule has 0 aliphatic carbocycles. The first-order valence-electron chi connectivity index (χ1n) is 6.28. The van der Waals surface area contributed by atoms with E-state index in [1.54, 1.807) is 6.92 Å². The van der Waals surface area contributed by atoms with E-state index in [-0.39, 0.29) is 5.56 Å². The maximum absolute atomic E-state index is 12.8. The van der Waals surface area contributed by atoms with Crippen LogP contribution in [-0.2, 0) is 16.2 Å². The number of alkyl halides is 3. The second-order valence-corrected chi connectivity index (χ2v) is 6.76. The van der Waals surface area contributed by atoms with Gasteiger partial charge in [0.05, 0.1) is 22.6 Å². The van der Waals surface area contributed by atoms with Gasteiger partial charge in [0.25, 0.3) is 0 Å². The molecule has 0 amide bonds. The third-order valence-corrected chi connectivity index (χ3v) is 5.17. The molecule has 0 aromatic heterocycles. The monoisotopic (exact) mass is 325 g/mol. The molecule has 0 spiro atoms. The zero-order chi connectivity index (χ0) is 16.5. The summed E-state index contributed by atoms with van der Waals surface area (Å²) in [6.45, 7) is 3.80. The van der Waals surface area contributed by atoms with Gasteiger partial charge in [-0.25, -0.2) is 13.1 Å². The topological polar surface area (TPSA) is 66.4 Å². The van der Waals surface area contributed by atoms with Crippen LogP contribution in [0.2, 0.25) is 0 Å². The molecule has 8 heteroatoms. The van der Waals surface area contributed by atoms with Crippen molar-refractivity contribution < 1.29 is 26.7 Å². The molecule has 2 N–H and O–H groups in total. The van der Waals surface area contributed by atoms with Gasteiger partial charge in [0.1, 0.15) is 0 Å². The van der Waals surface area contributed by atoms with E-state index in [0.29, 0.717) is 6.42 Å². The minimum atomic E-state index is -4.62. The average Bonchev–Trinajstić information content (AvgIpc) is 2.36. The average molecular weight is 325 g/mol. The lowest BCUT2D eigenvalue weighted by molar-refractivity contribution is -0.138.